The van der Waals surface area contributed by atoms with Crippen LogP contribution in [-0.4, -0.2) is 15.0 Å². The molecule has 0 aliphatic carbocycles. The Morgan fingerprint density at radius 1 is 1.35 bits per heavy atom. The van der Waals surface area contributed by atoms with E-state index in [0.29, 0.717) is 16.7 Å². The minimum atomic E-state index is 0.495. The third-order valence-corrected chi connectivity index (χ3v) is 4.27. The largest absolute Gasteiger partial charge is 0.462 e. The fourth-order valence-corrected chi connectivity index (χ4v) is 3.35. The van der Waals surface area contributed by atoms with E-state index in [0.717, 1.165) is 22.2 Å². The molecule has 3 aromatic heterocycles. The first kappa shape index (κ1) is 13.1. The van der Waals surface area contributed by atoms with Gasteiger partial charge in [-0.15, -0.1) is 11.3 Å². The Balaban J connectivity index is 1.69. The van der Waals surface area contributed by atoms with E-state index in [1.807, 2.05) is 24.4 Å². The molecule has 0 saturated heterocycles. The highest BCUT2D eigenvalue weighted by Crippen LogP contribution is 2.27. The SMILES string of the molecule is Cc1cc(N)nc(SCc2csc(-c3ccco3)n2)n1. The van der Waals surface area contributed by atoms with Crippen LogP contribution in [0.1, 0.15) is 11.4 Å². The normalized spacial score (nSPS) is 10.8. The van der Waals surface area contributed by atoms with Crippen LogP contribution in [-0.2, 0) is 5.75 Å². The molecule has 0 bridgehead atoms. The van der Waals surface area contributed by atoms with E-state index in [1.54, 1.807) is 23.7 Å². The summed E-state index contributed by atoms with van der Waals surface area (Å²) < 4.78 is 5.33. The van der Waals surface area contributed by atoms with Crippen LogP contribution in [0.25, 0.3) is 10.8 Å². The van der Waals surface area contributed by atoms with Crippen molar-refractivity contribution in [2.75, 3.05) is 5.73 Å². The molecule has 0 fully saturated rings. The third-order valence-electron chi connectivity index (χ3n) is 2.49. The number of nitrogens with two attached hydrogens (primary N) is 1. The zero-order chi connectivity index (χ0) is 13.9. The van der Waals surface area contributed by atoms with Crippen LogP contribution in [0, 0.1) is 6.92 Å². The predicted molar refractivity (Wildman–Crippen MR) is 80.6 cm³/mol. The van der Waals surface area contributed by atoms with Crippen LogP contribution >= 0.6 is 23.1 Å². The molecule has 0 aromatic carbocycles. The molecule has 0 spiro atoms. The van der Waals surface area contributed by atoms with E-state index in [4.69, 9.17) is 10.2 Å². The average Bonchev–Trinajstić information content (AvgIpc) is 3.06. The summed E-state index contributed by atoms with van der Waals surface area (Å²) in [5.74, 6) is 2.00. The summed E-state index contributed by atoms with van der Waals surface area (Å²) in [6.45, 7) is 1.90. The van der Waals surface area contributed by atoms with Crippen molar-refractivity contribution >= 4 is 28.9 Å². The molecule has 3 aromatic rings. The van der Waals surface area contributed by atoms with Crippen LogP contribution in [0.15, 0.2) is 39.4 Å². The number of nitrogens with zero attached hydrogens (tertiary/aromatic N) is 3. The first-order valence-corrected chi connectivity index (χ1v) is 7.79. The molecular formula is C13H12N4OS2. The van der Waals surface area contributed by atoms with Crippen LogP contribution in [0.5, 0.6) is 0 Å². The highest BCUT2D eigenvalue weighted by Gasteiger charge is 2.08. The smallest absolute Gasteiger partial charge is 0.190 e. The van der Waals surface area contributed by atoms with Crippen LogP contribution in [0.2, 0.25) is 0 Å². The van der Waals surface area contributed by atoms with Gasteiger partial charge in [0.2, 0.25) is 0 Å². The van der Waals surface area contributed by atoms with Gasteiger partial charge in [0, 0.05) is 22.9 Å². The van der Waals surface area contributed by atoms with Gasteiger partial charge >= 0.3 is 0 Å². The molecule has 20 heavy (non-hydrogen) atoms. The zero-order valence-corrected chi connectivity index (χ0v) is 12.4. The van der Waals surface area contributed by atoms with Gasteiger partial charge in [-0.1, -0.05) is 11.8 Å². The number of aryl methyl sites for hydroxylation is 1. The molecule has 0 unspecified atom stereocenters. The summed E-state index contributed by atoms with van der Waals surface area (Å²) in [4.78, 5) is 13.1. The van der Waals surface area contributed by atoms with Crippen molar-refractivity contribution in [3.63, 3.8) is 0 Å². The second-order valence-corrected chi connectivity index (χ2v) is 5.93. The fourth-order valence-electron chi connectivity index (χ4n) is 1.65. The van der Waals surface area contributed by atoms with Gasteiger partial charge in [-0.05, 0) is 19.1 Å². The molecular weight excluding hydrogens is 292 g/mol. The van der Waals surface area contributed by atoms with Crippen molar-refractivity contribution in [1.82, 2.24) is 15.0 Å². The quantitative estimate of drug-likeness (QED) is 0.588. The molecule has 2 N–H and O–H groups in total. The van der Waals surface area contributed by atoms with Gasteiger partial charge in [0.1, 0.15) is 5.82 Å². The Morgan fingerprint density at radius 3 is 3.00 bits per heavy atom. The number of nitrogen functional groups attached to an aromatic ring is 1. The van der Waals surface area contributed by atoms with E-state index in [-0.39, 0.29) is 0 Å². The first-order valence-electron chi connectivity index (χ1n) is 5.93. The molecule has 0 radical (unpaired) electrons. The number of rotatable bonds is 4. The lowest BCUT2D eigenvalue weighted by atomic mass is 10.4. The van der Waals surface area contributed by atoms with Crippen molar-refractivity contribution in [2.24, 2.45) is 0 Å². The average molecular weight is 304 g/mol. The Bertz CT molecular complexity index is 689. The molecule has 3 rings (SSSR count). The summed E-state index contributed by atoms with van der Waals surface area (Å²) in [5, 5.41) is 3.58. The molecule has 7 heteroatoms. The van der Waals surface area contributed by atoms with Gasteiger partial charge in [0.15, 0.2) is 15.9 Å². The third kappa shape index (κ3) is 3.00. The highest BCUT2D eigenvalue weighted by atomic mass is 32.2. The van der Waals surface area contributed by atoms with Crippen LogP contribution < -0.4 is 5.73 Å². The zero-order valence-electron chi connectivity index (χ0n) is 10.7. The number of aromatic nitrogens is 3. The predicted octanol–water partition coefficient (Wildman–Crippen LogP) is 3.38. The summed E-state index contributed by atoms with van der Waals surface area (Å²) >= 11 is 3.09. The minimum Gasteiger partial charge on any atom is -0.462 e. The van der Waals surface area contributed by atoms with Crippen molar-refractivity contribution in [3.8, 4) is 10.8 Å². The molecule has 5 nitrogen and oxygen atoms in total. The molecule has 0 saturated carbocycles. The number of thioether (sulfide) groups is 1. The van der Waals surface area contributed by atoms with E-state index < -0.39 is 0 Å². The van der Waals surface area contributed by atoms with Crippen molar-refractivity contribution in [1.29, 1.82) is 0 Å². The van der Waals surface area contributed by atoms with Gasteiger partial charge in [0.05, 0.1) is 12.0 Å². The Morgan fingerprint density at radius 2 is 2.25 bits per heavy atom. The number of furan rings is 1. The Kier molecular flexibility index (Phi) is 3.70. The van der Waals surface area contributed by atoms with Crippen molar-refractivity contribution in [2.45, 2.75) is 17.8 Å². The van der Waals surface area contributed by atoms with Crippen molar-refractivity contribution < 1.29 is 4.42 Å². The standard InChI is InChI=1S/C13H12N4OS2/c1-8-5-11(14)17-13(15-8)20-7-9-6-19-12(16-9)10-3-2-4-18-10/h2-6H,7H2,1H3,(H2,14,15,17). The first-order chi connectivity index (χ1) is 9.70. The fraction of sp³-hybridized carbons (Fsp3) is 0.154. The van der Waals surface area contributed by atoms with Gasteiger partial charge < -0.3 is 10.2 Å². The number of hydrogen-bond acceptors (Lipinski definition) is 7. The lowest BCUT2D eigenvalue weighted by Gasteiger charge is -2.01. The van der Waals surface area contributed by atoms with Gasteiger partial charge in [-0.25, -0.2) is 15.0 Å². The molecule has 0 aliphatic rings. The number of thiazole rings is 1. The second-order valence-electron chi connectivity index (χ2n) is 4.13. The monoisotopic (exact) mass is 304 g/mol. The summed E-state index contributed by atoms with van der Waals surface area (Å²) in [6, 6.07) is 5.51. The minimum absolute atomic E-state index is 0.495. The molecule has 0 aliphatic heterocycles. The molecule has 0 atom stereocenters. The van der Waals surface area contributed by atoms with Crippen molar-refractivity contribution in [3.05, 3.63) is 41.2 Å². The molecule has 0 amide bonds. The van der Waals surface area contributed by atoms with E-state index in [9.17, 15) is 0 Å². The lowest BCUT2D eigenvalue weighted by molar-refractivity contribution is 0.581. The Hall–Kier alpha value is -1.86. The summed E-state index contributed by atoms with van der Waals surface area (Å²) in [5.41, 5.74) is 7.56. The van der Waals surface area contributed by atoms with Gasteiger partial charge in [-0.3, -0.25) is 0 Å². The van der Waals surface area contributed by atoms with Crippen LogP contribution in [0.4, 0.5) is 5.82 Å². The van der Waals surface area contributed by atoms with Crippen LogP contribution in [0.3, 0.4) is 0 Å². The maximum absolute atomic E-state index is 5.71. The maximum Gasteiger partial charge on any atom is 0.190 e. The van der Waals surface area contributed by atoms with Gasteiger partial charge in [0.25, 0.3) is 0 Å². The topological polar surface area (TPSA) is 77.8 Å². The number of anilines is 1. The molecule has 3 heterocycles. The van der Waals surface area contributed by atoms with E-state index >= 15 is 0 Å². The van der Waals surface area contributed by atoms with E-state index in [2.05, 4.69) is 15.0 Å². The summed E-state index contributed by atoms with van der Waals surface area (Å²) in [6.07, 6.45) is 1.65. The highest BCUT2D eigenvalue weighted by molar-refractivity contribution is 7.98. The maximum atomic E-state index is 5.71. The number of hydrogen-bond donors (Lipinski definition) is 1. The van der Waals surface area contributed by atoms with E-state index in [1.165, 1.54) is 11.8 Å². The Labute approximate surface area is 124 Å². The summed E-state index contributed by atoms with van der Waals surface area (Å²) in [7, 11) is 0. The second kappa shape index (κ2) is 5.64. The van der Waals surface area contributed by atoms with Gasteiger partial charge in [-0.2, -0.15) is 0 Å². The molecule has 102 valence electrons. The lowest BCUT2D eigenvalue weighted by Crippen LogP contribution is -1.96.